The van der Waals surface area contributed by atoms with Gasteiger partial charge in [-0.1, -0.05) is 30.3 Å². The number of ether oxygens (including phenoxy) is 1. The highest BCUT2D eigenvalue weighted by Crippen LogP contribution is 2.11. The van der Waals surface area contributed by atoms with Gasteiger partial charge in [0, 0.05) is 19.5 Å². The standard InChI is InChI=1S/C20H25FN2O2/c1-25-18-8-6-16(7-9-18)10-13-22-14-12-20(24)23-15-11-17-4-2-3-5-19(17)21/h2-9,22H,10-15H2,1H3,(H,23,24). The number of halogens is 1. The van der Waals surface area contributed by atoms with Gasteiger partial charge in [-0.2, -0.15) is 0 Å². The molecule has 0 bridgehead atoms. The molecule has 0 aromatic heterocycles. The first-order valence-corrected chi connectivity index (χ1v) is 8.53. The van der Waals surface area contributed by atoms with Crippen molar-refractivity contribution in [3.8, 4) is 5.75 Å². The molecule has 1 amide bonds. The molecule has 2 aromatic rings. The molecular formula is C20H25FN2O2. The van der Waals surface area contributed by atoms with E-state index in [-0.39, 0.29) is 11.7 Å². The van der Waals surface area contributed by atoms with Gasteiger partial charge in [-0.25, -0.2) is 4.39 Å². The molecule has 2 N–H and O–H groups in total. The smallest absolute Gasteiger partial charge is 0.221 e. The maximum absolute atomic E-state index is 13.5. The van der Waals surface area contributed by atoms with Crippen LogP contribution in [-0.2, 0) is 17.6 Å². The second kappa shape index (κ2) is 10.5. The Kier molecular flexibility index (Phi) is 7.92. The summed E-state index contributed by atoms with van der Waals surface area (Å²) in [5.41, 5.74) is 1.85. The van der Waals surface area contributed by atoms with Gasteiger partial charge < -0.3 is 15.4 Å². The summed E-state index contributed by atoms with van der Waals surface area (Å²) in [5.74, 6) is 0.606. The predicted octanol–water partition coefficient (Wildman–Crippen LogP) is 2.72. The van der Waals surface area contributed by atoms with Gasteiger partial charge in [0.25, 0.3) is 0 Å². The van der Waals surface area contributed by atoms with Crippen molar-refractivity contribution in [1.29, 1.82) is 0 Å². The molecule has 134 valence electrons. The van der Waals surface area contributed by atoms with Crippen LogP contribution < -0.4 is 15.4 Å². The topological polar surface area (TPSA) is 50.4 Å². The Bertz CT molecular complexity index is 659. The molecule has 0 heterocycles. The largest absolute Gasteiger partial charge is 0.497 e. The van der Waals surface area contributed by atoms with E-state index in [0.717, 1.165) is 18.7 Å². The van der Waals surface area contributed by atoms with E-state index >= 15 is 0 Å². The predicted molar refractivity (Wildman–Crippen MR) is 97.3 cm³/mol. The second-order valence-corrected chi connectivity index (χ2v) is 5.79. The number of amides is 1. The van der Waals surface area contributed by atoms with Crippen molar-refractivity contribution in [2.45, 2.75) is 19.3 Å². The number of carbonyl (C=O) groups is 1. The van der Waals surface area contributed by atoms with Gasteiger partial charge in [0.1, 0.15) is 11.6 Å². The summed E-state index contributed by atoms with van der Waals surface area (Å²) >= 11 is 0. The molecule has 0 aliphatic carbocycles. The Hall–Kier alpha value is -2.40. The van der Waals surface area contributed by atoms with Crippen molar-refractivity contribution in [3.05, 3.63) is 65.5 Å². The molecule has 0 aliphatic rings. The van der Waals surface area contributed by atoms with Gasteiger partial charge in [0.05, 0.1) is 7.11 Å². The molecule has 25 heavy (non-hydrogen) atoms. The molecule has 0 aliphatic heterocycles. The summed E-state index contributed by atoms with van der Waals surface area (Å²) in [4.78, 5) is 11.8. The highest BCUT2D eigenvalue weighted by atomic mass is 19.1. The summed E-state index contributed by atoms with van der Waals surface area (Å²) in [6.07, 6.45) is 1.82. The molecule has 0 atom stereocenters. The zero-order chi connectivity index (χ0) is 17.9. The molecular weight excluding hydrogens is 319 g/mol. The molecule has 0 spiro atoms. The van der Waals surface area contributed by atoms with Gasteiger partial charge in [-0.3, -0.25) is 4.79 Å². The van der Waals surface area contributed by atoms with Crippen LogP contribution in [-0.4, -0.2) is 32.7 Å². The second-order valence-electron chi connectivity index (χ2n) is 5.79. The average Bonchev–Trinajstić information content (AvgIpc) is 2.63. The Labute approximate surface area is 148 Å². The van der Waals surface area contributed by atoms with Gasteiger partial charge >= 0.3 is 0 Å². The third kappa shape index (κ3) is 6.93. The van der Waals surface area contributed by atoms with E-state index in [0.29, 0.717) is 31.5 Å². The number of hydrogen-bond acceptors (Lipinski definition) is 3. The van der Waals surface area contributed by atoms with Gasteiger partial charge in [0.2, 0.25) is 5.91 Å². The molecule has 2 aromatic carbocycles. The van der Waals surface area contributed by atoms with Gasteiger partial charge in [-0.05, 0) is 48.7 Å². The Balaban J connectivity index is 1.54. The lowest BCUT2D eigenvalue weighted by Gasteiger charge is -2.08. The Morgan fingerprint density at radius 1 is 1.00 bits per heavy atom. The maximum atomic E-state index is 13.5. The van der Waals surface area contributed by atoms with Gasteiger partial charge in [0.15, 0.2) is 0 Å². The average molecular weight is 344 g/mol. The Morgan fingerprint density at radius 3 is 2.48 bits per heavy atom. The van der Waals surface area contributed by atoms with E-state index in [1.165, 1.54) is 11.6 Å². The fourth-order valence-corrected chi connectivity index (χ4v) is 2.48. The van der Waals surface area contributed by atoms with Crippen LogP contribution in [0.1, 0.15) is 17.5 Å². The van der Waals surface area contributed by atoms with Crippen molar-refractivity contribution < 1.29 is 13.9 Å². The van der Waals surface area contributed by atoms with Crippen LogP contribution >= 0.6 is 0 Å². The number of rotatable bonds is 10. The van der Waals surface area contributed by atoms with Crippen molar-refractivity contribution in [2.75, 3.05) is 26.7 Å². The van der Waals surface area contributed by atoms with E-state index in [4.69, 9.17) is 4.74 Å². The maximum Gasteiger partial charge on any atom is 0.221 e. The third-order valence-corrected chi connectivity index (χ3v) is 3.95. The van der Waals surface area contributed by atoms with Crippen LogP contribution in [0.2, 0.25) is 0 Å². The summed E-state index contributed by atoms with van der Waals surface area (Å²) < 4.78 is 18.6. The highest BCUT2D eigenvalue weighted by molar-refractivity contribution is 5.76. The zero-order valence-electron chi connectivity index (χ0n) is 14.6. The SMILES string of the molecule is COc1ccc(CCNCCC(=O)NCCc2ccccc2F)cc1. The molecule has 2 rings (SSSR count). The molecule has 0 unspecified atom stereocenters. The van der Waals surface area contributed by atoms with Crippen LogP contribution in [0.4, 0.5) is 4.39 Å². The monoisotopic (exact) mass is 344 g/mol. The minimum atomic E-state index is -0.225. The molecule has 0 saturated carbocycles. The third-order valence-electron chi connectivity index (χ3n) is 3.95. The van der Waals surface area contributed by atoms with Crippen LogP contribution in [0.25, 0.3) is 0 Å². The lowest BCUT2D eigenvalue weighted by molar-refractivity contribution is -0.120. The lowest BCUT2D eigenvalue weighted by atomic mass is 10.1. The quantitative estimate of drug-likeness (QED) is 0.652. The molecule has 0 radical (unpaired) electrons. The first kappa shape index (κ1) is 18.9. The molecule has 4 nitrogen and oxygen atoms in total. The molecule has 0 saturated heterocycles. The van der Waals surface area contributed by atoms with Crippen molar-refractivity contribution in [3.63, 3.8) is 0 Å². The normalized spacial score (nSPS) is 10.5. The highest BCUT2D eigenvalue weighted by Gasteiger charge is 2.03. The minimum Gasteiger partial charge on any atom is -0.497 e. The van der Waals surface area contributed by atoms with E-state index in [2.05, 4.69) is 10.6 Å². The number of benzene rings is 2. The number of nitrogens with one attached hydrogen (secondary N) is 2. The lowest BCUT2D eigenvalue weighted by Crippen LogP contribution is -2.30. The van der Waals surface area contributed by atoms with Crippen molar-refractivity contribution in [1.82, 2.24) is 10.6 Å². The van der Waals surface area contributed by atoms with E-state index in [1.807, 2.05) is 24.3 Å². The van der Waals surface area contributed by atoms with Gasteiger partial charge in [-0.15, -0.1) is 0 Å². The van der Waals surface area contributed by atoms with Crippen molar-refractivity contribution >= 4 is 5.91 Å². The number of hydrogen-bond donors (Lipinski definition) is 2. The first-order chi connectivity index (χ1) is 12.2. The van der Waals surface area contributed by atoms with Crippen LogP contribution in [0.3, 0.4) is 0 Å². The first-order valence-electron chi connectivity index (χ1n) is 8.53. The minimum absolute atomic E-state index is 0.0201. The number of methoxy groups -OCH3 is 1. The number of carbonyl (C=O) groups excluding carboxylic acids is 1. The summed E-state index contributed by atoms with van der Waals surface area (Å²) in [6, 6.07) is 14.6. The van der Waals surface area contributed by atoms with Crippen molar-refractivity contribution in [2.24, 2.45) is 0 Å². The van der Waals surface area contributed by atoms with Crippen LogP contribution in [0, 0.1) is 5.82 Å². The van der Waals surface area contributed by atoms with E-state index in [1.54, 1.807) is 25.3 Å². The summed E-state index contributed by atoms with van der Waals surface area (Å²) in [6.45, 7) is 1.89. The zero-order valence-corrected chi connectivity index (χ0v) is 14.6. The van der Waals surface area contributed by atoms with E-state index in [9.17, 15) is 9.18 Å². The Morgan fingerprint density at radius 2 is 1.76 bits per heavy atom. The molecule has 5 heteroatoms. The summed E-state index contributed by atoms with van der Waals surface area (Å²) in [5, 5.41) is 6.08. The van der Waals surface area contributed by atoms with Crippen LogP contribution in [0.15, 0.2) is 48.5 Å². The summed E-state index contributed by atoms with van der Waals surface area (Å²) in [7, 11) is 1.65. The van der Waals surface area contributed by atoms with E-state index < -0.39 is 0 Å². The van der Waals surface area contributed by atoms with Crippen LogP contribution in [0.5, 0.6) is 5.75 Å². The molecule has 0 fully saturated rings. The fourth-order valence-electron chi connectivity index (χ4n) is 2.48. The fraction of sp³-hybridized carbons (Fsp3) is 0.350.